The van der Waals surface area contributed by atoms with Gasteiger partial charge in [-0.15, -0.1) is 0 Å². The summed E-state index contributed by atoms with van der Waals surface area (Å²) >= 11 is 0. The van der Waals surface area contributed by atoms with Crippen LogP contribution in [-0.4, -0.2) is 38.0 Å². The molecule has 2 amide bonds. The fraction of sp³-hybridized carbons (Fsp3) is 0.438. The molecule has 6 nitrogen and oxygen atoms in total. The molecule has 0 aliphatic rings. The topological polar surface area (TPSA) is 86.4 Å². The number of carbonyl (C=O) groups is 2. The van der Waals surface area contributed by atoms with Crippen LogP contribution in [0.1, 0.15) is 19.4 Å². The van der Waals surface area contributed by atoms with Crippen LogP contribution < -0.4 is 15.5 Å². The van der Waals surface area contributed by atoms with Crippen LogP contribution in [0.4, 0.5) is 5.69 Å². The quantitative estimate of drug-likeness (QED) is 0.648. The predicted molar refractivity (Wildman–Crippen MR) is 84.3 cm³/mol. The molecule has 1 unspecified atom stereocenters. The van der Waals surface area contributed by atoms with Gasteiger partial charge >= 0.3 is 0 Å². The number of nitriles is 1. The van der Waals surface area contributed by atoms with E-state index in [9.17, 15) is 9.59 Å². The normalized spacial score (nSPS) is 11.6. The highest BCUT2D eigenvalue weighted by molar-refractivity contribution is 5.91. The van der Waals surface area contributed by atoms with Gasteiger partial charge in [-0.25, -0.2) is 0 Å². The lowest BCUT2D eigenvalue weighted by atomic mass is 10.1. The third-order valence-electron chi connectivity index (χ3n) is 2.90. The standard InChI is InChI=1S/C16H22N4O2/c1-12(2)18-15(21)10-20(3)11-16(22)19-14-6-4-13(5-7-14)8-9-17/h4-7,12H,8,10-11H2,1-3H3,(H,18,21)(H,19,22)/p+1. The number of hydrogen-bond donors (Lipinski definition) is 3. The summed E-state index contributed by atoms with van der Waals surface area (Å²) in [7, 11) is 1.80. The van der Waals surface area contributed by atoms with Crippen LogP contribution in [0, 0.1) is 11.3 Å². The van der Waals surface area contributed by atoms with Crippen molar-refractivity contribution in [2.45, 2.75) is 26.3 Å². The van der Waals surface area contributed by atoms with Crippen LogP contribution in [0.5, 0.6) is 0 Å². The Morgan fingerprint density at radius 3 is 2.32 bits per heavy atom. The van der Waals surface area contributed by atoms with Gasteiger partial charge in [-0.05, 0) is 31.5 Å². The number of benzene rings is 1. The minimum atomic E-state index is -0.150. The highest BCUT2D eigenvalue weighted by atomic mass is 16.2. The minimum Gasteiger partial charge on any atom is -0.349 e. The Hall–Kier alpha value is -2.39. The van der Waals surface area contributed by atoms with E-state index in [1.807, 2.05) is 26.0 Å². The maximum atomic E-state index is 11.9. The number of carbonyl (C=O) groups excluding carboxylic acids is 2. The molecule has 0 bridgehead atoms. The molecule has 0 fully saturated rings. The lowest BCUT2D eigenvalue weighted by Crippen LogP contribution is -3.11. The molecule has 0 aromatic heterocycles. The van der Waals surface area contributed by atoms with E-state index in [-0.39, 0.29) is 30.9 Å². The van der Waals surface area contributed by atoms with E-state index in [1.54, 1.807) is 19.2 Å². The van der Waals surface area contributed by atoms with E-state index in [4.69, 9.17) is 5.26 Å². The second kappa shape index (κ2) is 8.80. The lowest BCUT2D eigenvalue weighted by Gasteiger charge is -2.15. The lowest BCUT2D eigenvalue weighted by molar-refractivity contribution is -0.862. The molecule has 0 saturated carbocycles. The van der Waals surface area contributed by atoms with Crippen LogP contribution in [-0.2, 0) is 16.0 Å². The van der Waals surface area contributed by atoms with Crippen LogP contribution >= 0.6 is 0 Å². The first-order valence-corrected chi connectivity index (χ1v) is 7.27. The molecule has 0 heterocycles. The number of rotatable bonds is 7. The Bertz CT molecular complexity index is 546. The van der Waals surface area contributed by atoms with Crippen molar-refractivity contribution in [3.05, 3.63) is 29.8 Å². The number of hydrogen-bond acceptors (Lipinski definition) is 3. The molecule has 0 radical (unpaired) electrons. The Labute approximate surface area is 131 Å². The molecule has 0 aliphatic heterocycles. The first-order chi connectivity index (χ1) is 10.4. The van der Waals surface area contributed by atoms with Crippen molar-refractivity contribution in [1.29, 1.82) is 5.26 Å². The van der Waals surface area contributed by atoms with E-state index >= 15 is 0 Å². The maximum Gasteiger partial charge on any atom is 0.279 e. The summed E-state index contributed by atoms with van der Waals surface area (Å²) in [5.74, 6) is -0.218. The Morgan fingerprint density at radius 1 is 1.18 bits per heavy atom. The first kappa shape index (κ1) is 17.7. The molecule has 1 atom stereocenters. The van der Waals surface area contributed by atoms with Crippen molar-refractivity contribution in [2.24, 2.45) is 0 Å². The molecule has 6 heteroatoms. The second-order valence-electron chi connectivity index (χ2n) is 5.61. The highest BCUT2D eigenvalue weighted by Gasteiger charge is 2.14. The van der Waals surface area contributed by atoms with Gasteiger partial charge in [0.1, 0.15) is 0 Å². The Kier molecular flexibility index (Phi) is 7.06. The van der Waals surface area contributed by atoms with E-state index < -0.39 is 0 Å². The summed E-state index contributed by atoms with van der Waals surface area (Å²) in [4.78, 5) is 24.4. The monoisotopic (exact) mass is 303 g/mol. The van der Waals surface area contributed by atoms with Gasteiger partial charge in [0.05, 0.1) is 19.5 Å². The molecule has 1 rings (SSSR count). The fourth-order valence-corrected chi connectivity index (χ4v) is 1.99. The van der Waals surface area contributed by atoms with Gasteiger partial charge in [0.25, 0.3) is 11.8 Å². The minimum absolute atomic E-state index is 0.0684. The number of nitrogens with one attached hydrogen (secondary N) is 3. The highest BCUT2D eigenvalue weighted by Crippen LogP contribution is 2.09. The molecule has 0 spiro atoms. The largest absolute Gasteiger partial charge is 0.349 e. The molecule has 0 saturated heterocycles. The summed E-state index contributed by atoms with van der Waals surface area (Å²) in [6, 6.07) is 9.33. The average molecular weight is 303 g/mol. The van der Waals surface area contributed by atoms with Gasteiger partial charge in [-0.2, -0.15) is 5.26 Å². The molecule has 22 heavy (non-hydrogen) atoms. The number of likely N-dealkylation sites (N-methyl/N-ethyl adjacent to an activating group) is 1. The number of anilines is 1. The first-order valence-electron chi connectivity index (χ1n) is 7.27. The summed E-state index contributed by atoms with van der Waals surface area (Å²) in [6.45, 7) is 4.27. The molecule has 1 aromatic rings. The van der Waals surface area contributed by atoms with E-state index in [2.05, 4.69) is 16.7 Å². The Morgan fingerprint density at radius 2 is 1.77 bits per heavy atom. The SMILES string of the molecule is CC(C)NC(=O)C[NH+](C)CC(=O)Nc1ccc(CC#N)cc1. The second-order valence-corrected chi connectivity index (χ2v) is 5.61. The summed E-state index contributed by atoms with van der Waals surface area (Å²) in [6.07, 6.45) is 0.353. The zero-order valence-corrected chi connectivity index (χ0v) is 13.3. The van der Waals surface area contributed by atoms with E-state index in [0.29, 0.717) is 12.1 Å². The average Bonchev–Trinajstić information content (AvgIpc) is 2.39. The van der Waals surface area contributed by atoms with Gasteiger partial charge in [-0.1, -0.05) is 12.1 Å². The van der Waals surface area contributed by atoms with Crippen LogP contribution in [0.15, 0.2) is 24.3 Å². The van der Waals surface area contributed by atoms with Gasteiger partial charge in [0, 0.05) is 11.7 Å². The molecule has 1 aromatic carbocycles. The number of nitrogens with zero attached hydrogens (tertiary/aromatic N) is 1. The van der Waals surface area contributed by atoms with Crippen molar-refractivity contribution >= 4 is 17.5 Å². The van der Waals surface area contributed by atoms with Gasteiger partial charge in [0.15, 0.2) is 13.1 Å². The molecular formula is C16H23N4O2+. The van der Waals surface area contributed by atoms with Gasteiger partial charge < -0.3 is 15.5 Å². The van der Waals surface area contributed by atoms with Crippen LogP contribution in [0.25, 0.3) is 0 Å². The molecule has 0 aliphatic carbocycles. The van der Waals surface area contributed by atoms with Crippen LogP contribution in [0.2, 0.25) is 0 Å². The van der Waals surface area contributed by atoms with Crippen molar-refractivity contribution in [2.75, 3.05) is 25.5 Å². The van der Waals surface area contributed by atoms with Crippen LogP contribution in [0.3, 0.4) is 0 Å². The van der Waals surface area contributed by atoms with Crippen molar-refractivity contribution in [1.82, 2.24) is 5.32 Å². The predicted octanol–water partition coefficient (Wildman–Crippen LogP) is -0.270. The van der Waals surface area contributed by atoms with Crippen molar-refractivity contribution in [3.8, 4) is 6.07 Å². The molecular weight excluding hydrogens is 280 g/mol. The summed E-state index contributed by atoms with van der Waals surface area (Å²) in [5.41, 5.74) is 1.60. The number of amides is 2. The molecule has 3 N–H and O–H groups in total. The smallest absolute Gasteiger partial charge is 0.279 e. The van der Waals surface area contributed by atoms with Crippen molar-refractivity contribution in [3.63, 3.8) is 0 Å². The van der Waals surface area contributed by atoms with E-state index in [0.717, 1.165) is 10.5 Å². The third kappa shape index (κ3) is 6.86. The van der Waals surface area contributed by atoms with Gasteiger partial charge in [-0.3, -0.25) is 9.59 Å². The molecule has 118 valence electrons. The maximum absolute atomic E-state index is 11.9. The summed E-state index contributed by atoms with van der Waals surface area (Å²) < 4.78 is 0. The fourth-order valence-electron chi connectivity index (χ4n) is 1.99. The summed E-state index contributed by atoms with van der Waals surface area (Å²) in [5, 5.41) is 14.2. The number of quaternary nitrogens is 1. The van der Waals surface area contributed by atoms with E-state index in [1.165, 1.54) is 0 Å². The Balaban J connectivity index is 2.42. The zero-order valence-electron chi connectivity index (χ0n) is 13.3. The van der Waals surface area contributed by atoms with Gasteiger partial charge in [0.2, 0.25) is 0 Å². The third-order valence-corrected chi connectivity index (χ3v) is 2.90. The zero-order chi connectivity index (χ0) is 16.5. The van der Waals surface area contributed by atoms with Crippen molar-refractivity contribution < 1.29 is 14.5 Å².